The number of ether oxygens (including phenoxy) is 1. The number of likely N-dealkylation sites (tertiary alicyclic amines) is 1. The molecule has 1 unspecified atom stereocenters. The van der Waals surface area contributed by atoms with Crippen LogP contribution in [0.15, 0.2) is 78.2 Å². The van der Waals surface area contributed by atoms with Gasteiger partial charge in [-0.3, -0.25) is 0 Å². The first-order valence-corrected chi connectivity index (χ1v) is 13.1. The predicted octanol–water partition coefficient (Wildman–Crippen LogP) is 5.75. The standard InChI is InChI=1S/C30H33ClN2O3/c1-20(2)24-12-15-32-29-28(24)21(19-25-26(34)6-3-7-27(25)36-29)5-4-16-33-17-13-30(35,14-18-33)22-8-10-23(31)11-9-22/h3,5-12,15,19-20,26,34-35H,4,13-14,16-18H2,1-2H3. The minimum Gasteiger partial charge on any atom is -0.438 e. The van der Waals surface area contributed by atoms with Crippen molar-refractivity contribution in [3.05, 3.63) is 100.0 Å². The number of hydrogen-bond donors (Lipinski definition) is 2. The average molecular weight is 505 g/mol. The summed E-state index contributed by atoms with van der Waals surface area (Å²) in [6.45, 7) is 6.89. The highest BCUT2D eigenvalue weighted by Crippen LogP contribution is 2.40. The van der Waals surface area contributed by atoms with E-state index in [1.807, 2.05) is 36.4 Å². The largest absolute Gasteiger partial charge is 0.438 e. The van der Waals surface area contributed by atoms with Crippen molar-refractivity contribution in [2.45, 2.75) is 50.7 Å². The van der Waals surface area contributed by atoms with Crippen LogP contribution in [-0.2, 0) is 5.60 Å². The van der Waals surface area contributed by atoms with Gasteiger partial charge in [-0.1, -0.05) is 55.8 Å². The maximum absolute atomic E-state index is 11.2. The molecular formula is C30H33ClN2O3. The van der Waals surface area contributed by atoms with E-state index in [2.05, 4.69) is 41.9 Å². The predicted molar refractivity (Wildman–Crippen MR) is 144 cm³/mol. The van der Waals surface area contributed by atoms with Crippen LogP contribution in [0.2, 0.25) is 5.02 Å². The van der Waals surface area contributed by atoms with Crippen LogP contribution in [0.1, 0.15) is 55.7 Å². The molecule has 3 heterocycles. The molecule has 5 rings (SSSR count). The minimum atomic E-state index is -0.799. The SMILES string of the molecule is CC(C)c1ccnc2c1C(=CCCN1CCC(O)(c3ccc(Cl)cc3)CC1)C=C1C(=CC=CC1O)O2. The molecule has 2 aliphatic heterocycles. The molecule has 1 fully saturated rings. The molecule has 36 heavy (non-hydrogen) atoms. The lowest BCUT2D eigenvalue weighted by atomic mass is 9.84. The van der Waals surface area contributed by atoms with Crippen LogP contribution in [0.25, 0.3) is 5.57 Å². The number of benzene rings is 1. The van der Waals surface area contributed by atoms with Gasteiger partial charge in [-0.15, -0.1) is 0 Å². The van der Waals surface area contributed by atoms with E-state index < -0.39 is 11.7 Å². The third-order valence-electron chi connectivity index (χ3n) is 7.40. The van der Waals surface area contributed by atoms with E-state index in [1.165, 1.54) is 5.56 Å². The van der Waals surface area contributed by atoms with Gasteiger partial charge in [-0.25, -0.2) is 4.98 Å². The van der Waals surface area contributed by atoms with Crippen LogP contribution < -0.4 is 4.74 Å². The molecule has 2 aromatic rings. The molecule has 1 saturated heterocycles. The van der Waals surface area contributed by atoms with E-state index in [9.17, 15) is 10.2 Å². The number of rotatable bonds is 5. The van der Waals surface area contributed by atoms with Gasteiger partial charge in [0.2, 0.25) is 5.88 Å². The normalized spacial score (nSPS) is 22.4. The van der Waals surface area contributed by atoms with Gasteiger partial charge in [0.15, 0.2) is 0 Å². The number of hydrogen-bond acceptors (Lipinski definition) is 5. The van der Waals surface area contributed by atoms with Crippen LogP contribution in [0.3, 0.4) is 0 Å². The van der Waals surface area contributed by atoms with Crippen molar-refractivity contribution in [1.82, 2.24) is 9.88 Å². The Labute approximate surface area is 218 Å². The van der Waals surface area contributed by atoms with Crippen LogP contribution in [-0.4, -0.2) is 45.8 Å². The highest BCUT2D eigenvalue weighted by atomic mass is 35.5. The van der Waals surface area contributed by atoms with E-state index in [1.54, 1.807) is 12.3 Å². The lowest BCUT2D eigenvalue weighted by Crippen LogP contribution is -2.42. The maximum atomic E-state index is 11.2. The first-order valence-electron chi connectivity index (χ1n) is 12.7. The Morgan fingerprint density at radius 1 is 1.19 bits per heavy atom. The zero-order valence-electron chi connectivity index (χ0n) is 20.8. The lowest BCUT2D eigenvalue weighted by Gasteiger charge is -2.38. The summed E-state index contributed by atoms with van der Waals surface area (Å²) in [5.74, 6) is 1.52. The molecule has 188 valence electrons. The number of halogens is 1. The highest BCUT2D eigenvalue weighted by molar-refractivity contribution is 6.30. The van der Waals surface area contributed by atoms with Crippen molar-refractivity contribution in [2.24, 2.45) is 0 Å². The van der Waals surface area contributed by atoms with E-state index in [-0.39, 0.29) is 0 Å². The number of aliphatic hydroxyl groups excluding tert-OH is 1. The van der Waals surface area contributed by atoms with Gasteiger partial charge in [-0.05, 0) is 72.2 Å². The number of aliphatic hydroxyl groups is 2. The molecule has 2 N–H and O–H groups in total. The maximum Gasteiger partial charge on any atom is 0.227 e. The van der Waals surface area contributed by atoms with Gasteiger partial charge in [0.1, 0.15) is 11.9 Å². The lowest BCUT2D eigenvalue weighted by molar-refractivity contribution is -0.0254. The topological polar surface area (TPSA) is 65.8 Å². The minimum absolute atomic E-state index is 0.303. The second kappa shape index (κ2) is 10.3. The number of piperidine rings is 1. The molecule has 1 aromatic heterocycles. The fraction of sp³-hybridized carbons (Fsp3) is 0.367. The van der Waals surface area contributed by atoms with Crippen molar-refractivity contribution >= 4 is 17.2 Å². The number of allylic oxidation sites excluding steroid dienone is 4. The molecular weight excluding hydrogens is 472 g/mol. The van der Waals surface area contributed by atoms with Gasteiger partial charge >= 0.3 is 0 Å². The summed E-state index contributed by atoms with van der Waals surface area (Å²) in [5.41, 5.74) is 4.10. The average Bonchev–Trinajstić information content (AvgIpc) is 3.03. The molecule has 0 spiro atoms. The van der Waals surface area contributed by atoms with Crippen molar-refractivity contribution in [3.63, 3.8) is 0 Å². The van der Waals surface area contributed by atoms with Crippen molar-refractivity contribution in [3.8, 4) is 5.88 Å². The third kappa shape index (κ3) is 5.07. The molecule has 3 aliphatic rings. The molecule has 0 amide bonds. The Morgan fingerprint density at radius 3 is 2.67 bits per heavy atom. The quantitative estimate of drug-likeness (QED) is 0.542. The third-order valence-corrected chi connectivity index (χ3v) is 7.65. The Hall–Kier alpha value is -2.70. The molecule has 0 saturated carbocycles. The summed E-state index contributed by atoms with van der Waals surface area (Å²) >= 11 is 6.02. The van der Waals surface area contributed by atoms with Crippen LogP contribution in [0.4, 0.5) is 0 Å². The Bertz CT molecular complexity index is 1240. The Balaban J connectivity index is 1.34. The first kappa shape index (κ1) is 25.0. The van der Waals surface area contributed by atoms with E-state index in [0.29, 0.717) is 35.4 Å². The Kier molecular flexibility index (Phi) is 7.18. The zero-order valence-corrected chi connectivity index (χ0v) is 21.6. The number of fused-ring (bicyclic) bond motifs is 2. The number of aromatic nitrogens is 1. The van der Waals surface area contributed by atoms with Gasteiger partial charge in [0.05, 0.1) is 5.60 Å². The smallest absolute Gasteiger partial charge is 0.227 e. The zero-order chi connectivity index (χ0) is 25.3. The summed E-state index contributed by atoms with van der Waals surface area (Å²) in [7, 11) is 0. The molecule has 6 heteroatoms. The van der Waals surface area contributed by atoms with Crippen LogP contribution in [0.5, 0.6) is 5.88 Å². The van der Waals surface area contributed by atoms with Gasteiger partial charge in [0, 0.05) is 42.0 Å². The van der Waals surface area contributed by atoms with Gasteiger partial charge in [-0.2, -0.15) is 0 Å². The fourth-order valence-corrected chi connectivity index (χ4v) is 5.38. The van der Waals surface area contributed by atoms with E-state index in [4.69, 9.17) is 16.3 Å². The van der Waals surface area contributed by atoms with Crippen LogP contribution >= 0.6 is 11.6 Å². The highest BCUT2D eigenvalue weighted by Gasteiger charge is 2.33. The number of nitrogens with zero attached hydrogens (tertiary/aromatic N) is 2. The van der Waals surface area contributed by atoms with Crippen molar-refractivity contribution < 1.29 is 14.9 Å². The summed E-state index contributed by atoms with van der Waals surface area (Å²) < 4.78 is 6.20. The summed E-state index contributed by atoms with van der Waals surface area (Å²) in [6, 6.07) is 9.60. The molecule has 0 bridgehead atoms. The fourth-order valence-electron chi connectivity index (χ4n) is 5.25. The number of pyridine rings is 1. The monoisotopic (exact) mass is 504 g/mol. The molecule has 1 atom stereocenters. The molecule has 1 aromatic carbocycles. The Morgan fingerprint density at radius 2 is 1.94 bits per heavy atom. The summed E-state index contributed by atoms with van der Waals surface area (Å²) in [4.78, 5) is 6.95. The van der Waals surface area contributed by atoms with Crippen LogP contribution in [0, 0.1) is 0 Å². The van der Waals surface area contributed by atoms with Gasteiger partial charge < -0.3 is 19.8 Å². The molecule has 0 radical (unpaired) electrons. The van der Waals surface area contributed by atoms with Crippen molar-refractivity contribution in [2.75, 3.05) is 19.6 Å². The van der Waals surface area contributed by atoms with Gasteiger partial charge in [0.25, 0.3) is 0 Å². The molecule has 5 nitrogen and oxygen atoms in total. The summed E-state index contributed by atoms with van der Waals surface area (Å²) in [6.07, 6.45) is 13.1. The first-order chi connectivity index (χ1) is 17.3. The second-order valence-electron chi connectivity index (χ2n) is 10.1. The van der Waals surface area contributed by atoms with Crippen molar-refractivity contribution in [1.29, 1.82) is 0 Å². The summed E-state index contributed by atoms with van der Waals surface area (Å²) in [5, 5.41) is 22.5. The van der Waals surface area contributed by atoms with E-state index in [0.717, 1.165) is 48.3 Å². The second-order valence-corrected chi connectivity index (χ2v) is 10.6. The van der Waals surface area contributed by atoms with E-state index >= 15 is 0 Å². The molecule has 1 aliphatic carbocycles.